The van der Waals surface area contributed by atoms with Crippen LogP contribution in [0, 0.1) is 5.82 Å². The average molecular weight is 331 g/mol. The lowest BCUT2D eigenvalue weighted by Gasteiger charge is -2.12. The second kappa shape index (κ2) is 6.45. The average Bonchev–Trinajstić information content (AvgIpc) is 2.86. The summed E-state index contributed by atoms with van der Waals surface area (Å²) < 4.78 is 18.8. The van der Waals surface area contributed by atoms with Crippen molar-refractivity contribution >= 4 is 21.8 Å². The Morgan fingerprint density at radius 1 is 1.63 bits per heavy atom. The van der Waals surface area contributed by atoms with E-state index in [9.17, 15) is 9.18 Å². The van der Waals surface area contributed by atoms with E-state index in [1.54, 1.807) is 13.2 Å². The van der Waals surface area contributed by atoms with Crippen LogP contribution in [0.15, 0.2) is 22.7 Å². The number of nitrogens with one attached hydrogen (secondary N) is 2. The zero-order valence-corrected chi connectivity index (χ0v) is 12.2. The Bertz CT molecular complexity index is 470. The van der Waals surface area contributed by atoms with Crippen molar-refractivity contribution in [3.63, 3.8) is 0 Å². The molecule has 0 aliphatic carbocycles. The van der Waals surface area contributed by atoms with Crippen molar-refractivity contribution in [2.75, 3.05) is 13.7 Å². The number of halogens is 2. The van der Waals surface area contributed by atoms with Gasteiger partial charge in [-0.25, -0.2) is 4.39 Å². The maximum absolute atomic E-state index is 12.9. The van der Waals surface area contributed by atoms with Crippen LogP contribution in [0.2, 0.25) is 0 Å². The molecular weight excluding hydrogens is 315 g/mol. The second-order valence-corrected chi connectivity index (χ2v) is 5.36. The molecular formula is C13H16BrFN2O2. The first kappa shape index (κ1) is 14.4. The molecule has 1 aromatic rings. The van der Waals surface area contributed by atoms with Gasteiger partial charge in [0.25, 0.3) is 0 Å². The molecule has 0 unspecified atom stereocenters. The van der Waals surface area contributed by atoms with Gasteiger partial charge in [0.05, 0.1) is 12.1 Å². The van der Waals surface area contributed by atoms with Crippen LogP contribution in [-0.4, -0.2) is 31.7 Å². The minimum absolute atomic E-state index is 0.0595. The van der Waals surface area contributed by atoms with E-state index in [1.165, 1.54) is 12.1 Å². The highest BCUT2D eigenvalue weighted by Gasteiger charge is 2.28. The number of carbonyl (C=O) groups excluding carboxylic acids is 1. The standard InChI is InChI=1S/C13H16BrFN2O2/c1-19-10-5-12(16-7-10)13(18)17-6-8-2-3-9(15)4-11(8)14/h2-4,10,12,16H,5-7H2,1H3,(H,17,18)/t10-,12+/m0/s1. The fourth-order valence-corrected chi connectivity index (χ4v) is 2.54. The van der Waals surface area contributed by atoms with Crippen molar-refractivity contribution in [3.05, 3.63) is 34.1 Å². The van der Waals surface area contributed by atoms with Gasteiger partial charge in [-0.05, 0) is 24.1 Å². The molecule has 1 saturated heterocycles. The molecule has 19 heavy (non-hydrogen) atoms. The van der Waals surface area contributed by atoms with Gasteiger partial charge in [-0.1, -0.05) is 22.0 Å². The summed E-state index contributed by atoms with van der Waals surface area (Å²) in [6, 6.07) is 4.20. The summed E-state index contributed by atoms with van der Waals surface area (Å²) in [5.74, 6) is -0.363. The molecule has 0 bridgehead atoms. The van der Waals surface area contributed by atoms with E-state index >= 15 is 0 Å². The van der Waals surface area contributed by atoms with Gasteiger partial charge in [0.1, 0.15) is 5.82 Å². The molecule has 1 heterocycles. The van der Waals surface area contributed by atoms with E-state index in [-0.39, 0.29) is 23.9 Å². The van der Waals surface area contributed by atoms with Crippen molar-refractivity contribution in [3.8, 4) is 0 Å². The quantitative estimate of drug-likeness (QED) is 0.881. The Morgan fingerprint density at radius 3 is 3.05 bits per heavy atom. The number of hydrogen-bond donors (Lipinski definition) is 2. The lowest BCUT2D eigenvalue weighted by molar-refractivity contribution is -0.123. The second-order valence-electron chi connectivity index (χ2n) is 4.51. The number of rotatable bonds is 4. The van der Waals surface area contributed by atoms with E-state index in [1.807, 2.05) is 0 Å². The van der Waals surface area contributed by atoms with Gasteiger partial charge in [0.2, 0.25) is 5.91 Å². The summed E-state index contributed by atoms with van der Waals surface area (Å²) in [5.41, 5.74) is 0.844. The Morgan fingerprint density at radius 2 is 2.42 bits per heavy atom. The van der Waals surface area contributed by atoms with Crippen LogP contribution < -0.4 is 10.6 Å². The van der Waals surface area contributed by atoms with Crippen LogP contribution in [0.5, 0.6) is 0 Å². The molecule has 6 heteroatoms. The van der Waals surface area contributed by atoms with Crippen LogP contribution in [0.25, 0.3) is 0 Å². The fraction of sp³-hybridized carbons (Fsp3) is 0.462. The minimum atomic E-state index is -0.303. The Hall–Kier alpha value is -0.980. The molecule has 1 aliphatic rings. The van der Waals surface area contributed by atoms with Gasteiger partial charge in [0.15, 0.2) is 0 Å². The highest BCUT2D eigenvalue weighted by Crippen LogP contribution is 2.18. The summed E-state index contributed by atoms with van der Waals surface area (Å²) in [6.07, 6.45) is 0.765. The van der Waals surface area contributed by atoms with Crippen LogP contribution in [0.1, 0.15) is 12.0 Å². The maximum Gasteiger partial charge on any atom is 0.237 e. The Balaban J connectivity index is 1.87. The van der Waals surface area contributed by atoms with Gasteiger partial charge in [0, 0.05) is 24.7 Å². The number of ether oxygens (including phenoxy) is 1. The Kier molecular flexibility index (Phi) is 4.90. The third-order valence-electron chi connectivity index (χ3n) is 3.21. The molecule has 0 saturated carbocycles. The lowest BCUT2D eigenvalue weighted by atomic mass is 10.1. The van der Waals surface area contributed by atoms with Crippen molar-refractivity contribution in [2.45, 2.75) is 25.1 Å². The van der Waals surface area contributed by atoms with Gasteiger partial charge >= 0.3 is 0 Å². The van der Waals surface area contributed by atoms with Crippen LogP contribution in [0.3, 0.4) is 0 Å². The predicted molar refractivity (Wildman–Crippen MR) is 73.2 cm³/mol. The van der Waals surface area contributed by atoms with Gasteiger partial charge in [-0.3, -0.25) is 4.79 Å². The van der Waals surface area contributed by atoms with Crippen molar-refractivity contribution < 1.29 is 13.9 Å². The van der Waals surface area contributed by atoms with Crippen LogP contribution >= 0.6 is 15.9 Å². The summed E-state index contributed by atoms with van der Waals surface area (Å²) in [4.78, 5) is 11.9. The fourth-order valence-electron chi connectivity index (χ4n) is 2.05. The summed E-state index contributed by atoms with van der Waals surface area (Å²) in [5, 5.41) is 5.95. The van der Waals surface area contributed by atoms with E-state index < -0.39 is 0 Å². The zero-order valence-electron chi connectivity index (χ0n) is 10.6. The molecule has 2 rings (SSSR count). The molecule has 0 aromatic heterocycles. The molecule has 0 spiro atoms. The number of carbonyl (C=O) groups is 1. The van der Waals surface area contributed by atoms with E-state index in [4.69, 9.17) is 4.74 Å². The van der Waals surface area contributed by atoms with E-state index in [0.717, 1.165) is 5.56 Å². The molecule has 0 radical (unpaired) electrons. The van der Waals surface area contributed by atoms with Crippen LogP contribution in [-0.2, 0) is 16.1 Å². The smallest absolute Gasteiger partial charge is 0.237 e. The highest BCUT2D eigenvalue weighted by molar-refractivity contribution is 9.10. The molecule has 4 nitrogen and oxygen atoms in total. The summed E-state index contributed by atoms with van der Waals surface area (Å²) in [7, 11) is 1.64. The number of benzene rings is 1. The molecule has 1 aromatic carbocycles. The first-order valence-electron chi connectivity index (χ1n) is 6.08. The van der Waals surface area contributed by atoms with Crippen molar-refractivity contribution in [1.82, 2.24) is 10.6 Å². The SMILES string of the molecule is CO[C@@H]1CN[C@@H](C(=O)NCc2ccc(F)cc2Br)C1. The number of methoxy groups -OCH3 is 1. The van der Waals surface area contributed by atoms with Crippen molar-refractivity contribution in [2.24, 2.45) is 0 Å². The normalized spacial score (nSPS) is 22.5. The largest absolute Gasteiger partial charge is 0.380 e. The monoisotopic (exact) mass is 330 g/mol. The van der Waals surface area contributed by atoms with Gasteiger partial charge in [-0.2, -0.15) is 0 Å². The maximum atomic E-state index is 12.9. The topological polar surface area (TPSA) is 50.4 Å². The molecule has 1 amide bonds. The summed E-state index contributed by atoms with van der Waals surface area (Å²) in [6.45, 7) is 1.06. The summed E-state index contributed by atoms with van der Waals surface area (Å²) >= 11 is 3.27. The molecule has 2 N–H and O–H groups in total. The molecule has 1 fully saturated rings. The first-order chi connectivity index (χ1) is 9.10. The predicted octanol–water partition coefficient (Wildman–Crippen LogP) is 1.58. The highest BCUT2D eigenvalue weighted by atomic mass is 79.9. The number of hydrogen-bond acceptors (Lipinski definition) is 3. The molecule has 2 atom stereocenters. The van der Waals surface area contributed by atoms with E-state index in [0.29, 0.717) is 24.0 Å². The third-order valence-corrected chi connectivity index (χ3v) is 3.95. The van der Waals surface area contributed by atoms with Gasteiger partial charge < -0.3 is 15.4 Å². The minimum Gasteiger partial charge on any atom is -0.380 e. The zero-order chi connectivity index (χ0) is 13.8. The molecule has 1 aliphatic heterocycles. The lowest BCUT2D eigenvalue weighted by Crippen LogP contribution is -2.40. The third kappa shape index (κ3) is 3.75. The van der Waals surface area contributed by atoms with E-state index in [2.05, 4.69) is 26.6 Å². The number of amides is 1. The van der Waals surface area contributed by atoms with Crippen molar-refractivity contribution in [1.29, 1.82) is 0 Å². The first-order valence-corrected chi connectivity index (χ1v) is 6.87. The van der Waals surface area contributed by atoms with Gasteiger partial charge in [-0.15, -0.1) is 0 Å². The van der Waals surface area contributed by atoms with Crippen LogP contribution in [0.4, 0.5) is 4.39 Å². The Labute approximate surface area is 119 Å². The molecule has 104 valence electrons.